The highest BCUT2D eigenvalue weighted by Crippen LogP contribution is 2.37. The molecular formula is C18H27N3O4. The molecule has 2 aliphatic heterocycles. The molecule has 0 saturated carbocycles. The molecule has 0 bridgehead atoms. The largest absolute Gasteiger partial charge is 0.469 e. The third-order valence-electron chi connectivity index (χ3n) is 4.83. The molecule has 2 saturated heterocycles. The van der Waals surface area contributed by atoms with E-state index in [1.807, 2.05) is 13.8 Å². The second kappa shape index (κ2) is 8.89. The van der Waals surface area contributed by atoms with Crippen molar-refractivity contribution in [2.24, 2.45) is 5.92 Å². The number of rotatable bonds is 3. The van der Waals surface area contributed by atoms with E-state index in [1.54, 1.807) is 0 Å². The van der Waals surface area contributed by atoms with Gasteiger partial charge in [-0.2, -0.15) is 0 Å². The van der Waals surface area contributed by atoms with Crippen molar-refractivity contribution >= 4 is 18.2 Å². The Hall–Kier alpha value is -2.02. The van der Waals surface area contributed by atoms with Crippen LogP contribution in [0.15, 0.2) is 12.4 Å². The van der Waals surface area contributed by atoms with Crippen LogP contribution in [0.5, 0.6) is 0 Å². The van der Waals surface area contributed by atoms with Crippen LogP contribution in [-0.2, 0) is 14.3 Å². The van der Waals surface area contributed by atoms with Gasteiger partial charge in [-0.25, -0.2) is 9.97 Å². The van der Waals surface area contributed by atoms with Crippen molar-refractivity contribution in [3.05, 3.63) is 18.0 Å². The lowest BCUT2D eigenvalue weighted by molar-refractivity contribution is -0.161. The molecule has 3 heterocycles. The molecule has 0 aromatic carbocycles. The Balaban J connectivity index is 0.00000109. The Morgan fingerprint density at radius 1 is 1.28 bits per heavy atom. The van der Waals surface area contributed by atoms with Gasteiger partial charge in [-0.3, -0.25) is 9.59 Å². The number of methoxy groups -OCH3 is 1. The molecule has 0 N–H and O–H groups in total. The van der Waals surface area contributed by atoms with E-state index < -0.39 is 0 Å². The van der Waals surface area contributed by atoms with Crippen molar-refractivity contribution in [3.63, 3.8) is 0 Å². The van der Waals surface area contributed by atoms with Crippen LogP contribution in [0.3, 0.4) is 0 Å². The van der Waals surface area contributed by atoms with Crippen LogP contribution in [0.1, 0.15) is 49.9 Å². The summed E-state index contributed by atoms with van der Waals surface area (Å²) in [5.74, 6) is 0.331. The number of piperidine rings is 1. The van der Waals surface area contributed by atoms with Gasteiger partial charge in [0.1, 0.15) is 0 Å². The summed E-state index contributed by atoms with van der Waals surface area (Å²) >= 11 is 0. The Kier molecular flexibility index (Phi) is 6.87. The minimum atomic E-state index is -0.180. The molecule has 2 fully saturated rings. The summed E-state index contributed by atoms with van der Waals surface area (Å²) in [4.78, 5) is 32.8. The maximum Gasteiger partial charge on any atom is 0.311 e. The first-order valence-corrected chi connectivity index (χ1v) is 8.90. The van der Waals surface area contributed by atoms with E-state index in [4.69, 9.17) is 9.47 Å². The normalized spacial score (nSPS) is 21.9. The molecule has 1 spiro atoms. The highest BCUT2D eigenvalue weighted by Gasteiger charge is 2.41. The molecule has 3 rings (SSSR count). The van der Waals surface area contributed by atoms with Crippen LogP contribution in [0.2, 0.25) is 0 Å². The van der Waals surface area contributed by atoms with Gasteiger partial charge in [-0.15, -0.1) is 0 Å². The molecule has 138 valence electrons. The summed E-state index contributed by atoms with van der Waals surface area (Å²) in [5, 5.41) is 0. The lowest BCUT2D eigenvalue weighted by atomic mass is 9.82. The Labute approximate surface area is 148 Å². The molecule has 7 heteroatoms. The van der Waals surface area contributed by atoms with E-state index in [-0.39, 0.29) is 17.5 Å². The fraction of sp³-hybridized carbons (Fsp3) is 0.667. The molecule has 1 atom stereocenters. The molecule has 25 heavy (non-hydrogen) atoms. The Morgan fingerprint density at radius 2 is 1.92 bits per heavy atom. The number of carbonyl (C=O) groups is 2. The van der Waals surface area contributed by atoms with Crippen molar-refractivity contribution < 1.29 is 19.1 Å². The van der Waals surface area contributed by atoms with Crippen LogP contribution in [0.4, 0.5) is 5.95 Å². The highest BCUT2D eigenvalue weighted by molar-refractivity contribution is 5.73. The average molecular weight is 349 g/mol. The molecule has 0 amide bonds. The number of ether oxygens (including phenoxy) is 2. The maximum atomic E-state index is 11.6. The van der Waals surface area contributed by atoms with E-state index in [9.17, 15) is 9.59 Å². The van der Waals surface area contributed by atoms with E-state index in [0.717, 1.165) is 45.1 Å². The third kappa shape index (κ3) is 4.54. The molecule has 1 aromatic heterocycles. The average Bonchev–Trinajstić information content (AvgIpc) is 2.70. The number of carbonyl (C=O) groups excluding carboxylic acids is 2. The van der Waals surface area contributed by atoms with E-state index >= 15 is 0 Å². The fourth-order valence-corrected chi connectivity index (χ4v) is 3.29. The van der Waals surface area contributed by atoms with Crippen LogP contribution in [0.25, 0.3) is 0 Å². The zero-order valence-corrected chi connectivity index (χ0v) is 15.2. The zero-order chi connectivity index (χ0) is 18.3. The van der Waals surface area contributed by atoms with Crippen molar-refractivity contribution in [2.75, 3.05) is 31.7 Å². The van der Waals surface area contributed by atoms with E-state index in [1.165, 1.54) is 19.5 Å². The first kappa shape index (κ1) is 19.3. The predicted molar refractivity (Wildman–Crippen MR) is 93.6 cm³/mol. The van der Waals surface area contributed by atoms with Gasteiger partial charge in [-0.1, -0.05) is 13.8 Å². The molecule has 2 aliphatic rings. The minimum absolute atomic E-state index is 0.135. The quantitative estimate of drug-likeness (QED) is 0.611. The zero-order valence-electron chi connectivity index (χ0n) is 15.2. The number of hydrogen-bond donors (Lipinski definition) is 0. The topological polar surface area (TPSA) is 81.6 Å². The third-order valence-corrected chi connectivity index (χ3v) is 4.83. The summed E-state index contributed by atoms with van der Waals surface area (Å²) in [7, 11) is 1.42. The minimum Gasteiger partial charge on any atom is -0.469 e. The molecule has 1 aromatic rings. The van der Waals surface area contributed by atoms with Crippen LogP contribution < -0.4 is 4.90 Å². The standard InChI is InChI=1S/C16H21N3O4.C2H6/c1-22-14(21)13-2-3-16(23-11-13)4-6-19(7-5-16)15-17-8-12(10-20)9-18-15;1-2/h8-10,13H,2-7,11H2,1H3;1-2H3. The molecule has 1 unspecified atom stereocenters. The van der Waals surface area contributed by atoms with E-state index in [2.05, 4.69) is 14.9 Å². The highest BCUT2D eigenvalue weighted by atomic mass is 16.5. The van der Waals surface area contributed by atoms with Crippen LogP contribution in [-0.4, -0.2) is 54.6 Å². The molecule has 7 nitrogen and oxygen atoms in total. The first-order valence-electron chi connectivity index (χ1n) is 8.90. The molecular weight excluding hydrogens is 322 g/mol. The van der Waals surface area contributed by atoms with Gasteiger partial charge in [0, 0.05) is 25.5 Å². The van der Waals surface area contributed by atoms with Crippen LogP contribution >= 0.6 is 0 Å². The number of nitrogens with zero attached hydrogens (tertiary/aromatic N) is 3. The number of anilines is 1. The summed E-state index contributed by atoms with van der Waals surface area (Å²) in [5.41, 5.74) is 0.343. The van der Waals surface area contributed by atoms with E-state index in [0.29, 0.717) is 18.1 Å². The predicted octanol–water partition coefficient (Wildman–Crippen LogP) is 2.25. The van der Waals surface area contributed by atoms with Crippen molar-refractivity contribution in [3.8, 4) is 0 Å². The van der Waals surface area contributed by atoms with Crippen molar-refractivity contribution in [1.29, 1.82) is 0 Å². The number of aldehydes is 1. The SMILES string of the molecule is CC.COC(=O)C1CCC2(CCN(c3ncc(C=O)cn3)CC2)OC1. The Bertz CT molecular complexity index is 558. The smallest absolute Gasteiger partial charge is 0.311 e. The van der Waals surface area contributed by atoms with Gasteiger partial charge in [0.25, 0.3) is 0 Å². The van der Waals surface area contributed by atoms with Gasteiger partial charge in [0.2, 0.25) is 5.95 Å². The summed E-state index contributed by atoms with van der Waals surface area (Å²) in [6, 6.07) is 0. The van der Waals surface area contributed by atoms with Gasteiger partial charge in [0.05, 0.1) is 30.8 Å². The summed E-state index contributed by atoms with van der Waals surface area (Å²) in [6.45, 7) is 6.06. The van der Waals surface area contributed by atoms with Crippen LogP contribution in [0, 0.1) is 5.92 Å². The van der Waals surface area contributed by atoms with Gasteiger partial charge in [0.15, 0.2) is 6.29 Å². The second-order valence-electron chi connectivity index (χ2n) is 6.17. The summed E-state index contributed by atoms with van der Waals surface area (Å²) in [6.07, 6.45) is 7.29. The Morgan fingerprint density at radius 3 is 2.40 bits per heavy atom. The maximum absolute atomic E-state index is 11.6. The lowest BCUT2D eigenvalue weighted by Crippen LogP contribution is -2.50. The first-order chi connectivity index (χ1) is 12.2. The van der Waals surface area contributed by atoms with Crippen molar-refractivity contribution in [1.82, 2.24) is 9.97 Å². The van der Waals surface area contributed by atoms with Gasteiger partial charge >= 0.3 is 5.97 Å². The van der Waals surface area contributed by atoms with Crippen molar-refractivity contribution in [2.45, 2.75) is 45.1 Å². The number of hydrogen-bond acceptors (Lipinski definition) is 7. The van der Waals surface area contributed by atoms with Gasteiger partial charge < -0.3 is 14.4 Å². The monoisotopic (exact) mass is 349 g/mol. The molecule has 0 aliphatic carbocycles. The lowest BCUT2D eigenvalue weighted by Gasteiger charge is -2.45. The number of aromatic nitrogens is 2. The molecule has 0 radical (unpaired) electrons. The fourth-order valence-electron chi connectivity index (χ4n) is 3.29. The second-order valence-corrected chi connectivity index (χ2v) is 6.17. The summed E-state index contributed by atoms with van der Waals surface area (Å²) < 4.78 is 10.8. The van der Waals surface area contributed by atoms with Gasteiger partial charge in [-0.05, 0) is 25.7 Å². The number of esters is 1.